The van der Waals surface area contributed by atoms with Crippen LogP contribution >= 0.6 is 0 Å². The van der Waals surface area contributed by atoms with Crippen LogP contribution in [0.1, 0.15) is 11.4 Å². The molecule has 0 spiro atoms. The fraction of sp³-hybridized carbons (Fsp3) is 0. The zero-order chi connectivity index (χ0) is 11.4. The minimum absolute atomic E-state index is 0.224. The Labute approximate surface area is 91.7 Å². The monoisotopic (exact) mass is 207 g/mol. The number of nitrogens with zero attached hydrogens (tertiary/aromatic N) is 5. The van der Waals surface area contributed by atoms with E-state index in [1.165, 1.54) is 12.4 Å². The number of aromatic nitrogens is 3. The van der Waals surface area contributed by atoms with E-state index in [4.69, 9.17) is 10.5 Å². The molecule has 0 aromatic carbocycles. The molecule has 0 saturated carbocycles. The first kappa shape index (κ1) is 9.75. The summed E-state index contributed by atoms with van der Waals surface area (Å²) in [6.45, 7) is 0. The molecule has 2 aromatic rings. The van der Waals surface area contributed by atoms with Gasteiger partial charge in [0.25, 0.3) is 0 Å². The van der Waals surface area contributed by atoms with Gasteiger partial charge in [-0.25, -0.2) is 9.97 Å². The van der Waals surface area contributed by atoms with Gasteiger partial charge >= 0.3 is 0 Å². The summed E-state index contributed by atoms with van der Waals surface area (Å²) in [5, 5.41) is 17.4. The van der Waals surface area contributed by atoms with Gasteiger partial charge in [0.05, 0.1) is 18.1 Å². The largest absolute Gasteiger partial charge is 0.259 e. The van der Waals surface area contributed by atoms with Crippen molar-refractivity contribution < 1.29 is 0 Å². The normalized spacial score (nSPS) is 9.12. The van der Waals surface area contributed by atoms with Crippen molar-refractivity contribution in [2.45, 2.75) is 0 Å². The van der Waals surface area contributed by atoms with Crippen molar-refractivity contribution in [3.63, 3.8) is 0 Å². The SMILES string of the molecule is N#Cc1cccc(-c2cncc(C#N)n2)n1. The van der Waals surface area contributed by atoms with Crippen LogP contribution in [0.3, 0.4) is 0 Å². The van der Waals surface area contributed by atoms with Crippen molar-refractivity contribution in [3.05, 3.63) is 42.0 Å². The molecule has 16 heavy (non-hydrogen) atoms. The Hall–Kier alpha value is -2.79. The fourth-order valence-corrected chi connectivity index (χ4v) is 1.18. The number of hydrogen-bond donors (Lipinski definition) is 0. The highest BCUT2D eigenvalue weighted by Crippen LogP contribution is 2.13. The number of nitriles is 2. The Morgan fingerprint density at radius 3 is 2.38 bits per heavy atom. The van der Waals surface area contributed by atoms with E-state index in [9.17, 15) is 0 Å². The zero-order valence-electron chi connectivity index (χ0n) is 8.12. The van der Waals surface area contributed by atoms with Crippen LogP contribution in [0, 0.1) is 22.7 Å². The van der Waals surface area contributed by atoms with Gasteiger partial charge in [-0.3, -0.25) is 4.98 Å². The van der Waals surface area contributed by atoms with Gasteiger partial charge in [-0.1, -0.05) is 6.07 Å². The predicted molar refractivity (Wildman–Crippen MR) is 54.7 cm³/mol. The van der Waals surface area contributed by atoms with E-state index in [-0.39, 0.29) is 5.69 Å². The van der Waals surface area contributed by atoms with E-state index in [0.29, 0.717) is 17.1 Å². The van der Waals surface area contributed by atoms with E-state index < -0.39 is 0 Å². The van der Waals surface area contributed by atoms with Crippen LogP contribution < -0.4 is 0 Å². The highest BCUT2D eigenvalue weighted by atomic mass is 14.8. The van der Waals surface area contributed by atoms with Gasteiger partial charge in [-0.05, 0) is 12.1 Å². The molecule has 5 nitrogen and oxygen atoms in total. The van der Waals surface area contributed by atoms with Crippen molar-refractivity contribution in [3.8, 4) is 23.5 Å². The Bertz CT molecular complexity index is 551. The van der Waals surface area contributed by atoms with Gasteiger partial charge in [0.1, 0.15) is 23.5 Å². The van der Waals surface area contributed by atoms with Crippen molar-refractivity contribution >= 4 is 0 Å². The third kappa shape index (κ3) is 1.84. The first-order valence-electron chi connectivity index (χ1n) is 4.43. The van der Waals surface area contributed by atoms with Crippen molar-refractivity contribution in [1.82, 2.24) is 15.0 Å². The Morgan fingerprint density at radius 1 is 0.875 bits per heavy atom. The molecule has 0 fully saturated rings. The number of hydrogen-bond acceptors (Lipinski definition) is 5. The second kappa shape index (κ2) is 4.16. The molecule has 5 heteroatoms. The second-order valence-electron chi connectivity index (χ2n) is 2.92. The van der Waals surface area contributed by atoms with Crippen LogP contribution in [-0.4, -0.2) is 15.0 Å². The standard InChI is InChI=1S/C11H5N5/c12-4-8-2-1-3-10(15-8)11-7-14-6-9(5-13)16-11/h1-3,6-7H. The molecule has 0 atom stereocenters. The molecule has 0 bridgehead atoms. The molecule has 0 unspecified atom stereocenters. The Kier molecular flexibility index (Phi) is 2.53. The highest BCUT2D eigenvalue weighted by molar-refractivity contribution is 5.54. The molecule has 2 aromatic heterocycles. The summed E-state index contributed by atoms with van der Waals surface area (Å²) in [5.74, 6) is 0. The lowest BCUT2D eigenvalue weighted by Crippen LogP contribution is -1.93. The van der Waals surface area contributed by atoms with Gasteiger partial charge in [-0.15, -0.1) is 0 Å². The molecule has 2 heterocycles. The van der Waals surface area contributed by atoms with E-state index in [2.05, 4.69) is 15.0 Å². The van der Waals surface area contributed by atoms with Gasteiger partial charge in [0.15, 0.2) is 5.69 Å². The van der Waals surface area contributed by atoms with Crippen molar-refractivity contribution in [1.29, 1.82) is 10.5 Å². The fourth-order valence-electron chi connectivity index (χ4n) is 1.18. The molecular weight excluding hydrogens is 202 g/mol. The van der Waals surface area contributed by atoms with Crippen LogP contribution in [0.15, 0.2) is 30.6 Å². The summed E-state index contributed by atoms with van der Waals surface area (Å²) in [5.41, 5.74) is 1.54. The molecule has 0 saturated heterocycles. The molecule has 0 aliphatic rings. The summed E-state index contributed by atoms with van der Waals surface area (Å²) < 4.78 is 0. The maximum absolute atomic E-state index is 8.71. The van der Waals surface area contributed by atoms with Gasteiger partial charge < -0.3 is 0 Å². The summed E-state index contributed by atoms with van der Waals surface area (Å²) >= 11 is 0. The van der Waals surface area contributed by atoms with Gasteiger partial charge in [0.2, 0.25) is 0 Å². The summed E-state index contributed by atoms with van der Waals surface area (Å²) in [6.07, 6.45) is 2.88. The van der Waals surface area contributed by atoms with Crippen LogP contribution in [0.5, 0.6) is 0 Å². The first-order chi connectivity index (χ1) is 7.83. The topological polar surface area (TPSA) is 86.2 Å². The quantitative estimate of drug-likeness (QED) is 0.703. The first-order valence-corrected chi connectivity index (χ1v) is 4.43. The second-order valence-corrected chi connectivity index (χ2v) is 2.92. The molecule has 0 aliphatic carbocycles. The van der Waals surface area contributed by atoms with E-state index >= 15 is 0 Å². The lowest BCUT2D eigenvalue weighted by atomic mass is 10.2. The van der Waals surface area contributed by atoms with Crippen molar-refractivity contribution in [2.24, 2.45) is 0 Å². The number of pyridine rings is 1. The lowest BCUT2D eigenvalue weighted by Gasteiger charge is -1.99. The van der Waals surface area contributed by atoms with Crippen molar-refractivity contribution in [2.75, 3.05) is 0 Å². The molecule has 2 rings (SSSR count). The third-order valence-corrected chi connectivity index (χ3v) is 1.88. The highest BCUT2D eigenvalue weighted by Gasteiger charge is 2.03. The average Bonchev–Trinajstić information content (AvgIpc) is 2.39. The summed E-state index contributed by atoms with van der Waals surface area (Å²) in [4.78, 5) is 12.0. The molecule has 0 radical (unpaired) electrons. The molecular formula is C11H5N5. The zero-order valence-corrected chi connectivity index (χ0v) is 8.12. The Balaban J connectivity index is 2.51. The maximum atomic E-state index is 8.71. The molecule has 0 N–H and O–H groups in total. The van der Waals surface area contributed by atoms with Crippen LogP contribution in [0.25, 0.3) is 11.4 Å². The van der Waals surface area contributed by atoms with Crippen LogP contribution in [-0.2, 0) is 0 Å². The number of rotatable bonds is 1. The molecule has 74 valence electrons. The minimum Gasteiger partial charge on any atom is -0.259 e. The predicted octanol–water partition coefficient (Wildman–Crippen LogP) is 1.28. The maximum Gasteiger partial charge on any atom is 0.159 e. The Morgan fingerprint density at radius 2 is 1.62 bits per heavy atom. The summed E-state index contributed by atoms with van der Waals surface area (Å²) in [6, 6.07) is 8.87. The van der Waals surface area contributed by atoms with E-state index in [0.717, 1.165) is 0 Å². The average molecular weight is 207 g/mol. The lowest BCUT2D eigenvalue weighted by molar-refractivity contribution is 1.14. The van der Waals surface area contributed by atoms with E-state index in [1.807, 2.05) is 12.1 Å². The van der Waals surface area contributed by atoms with Gasteiger partial charge in [-0.2, -0.15) is 10.5 Å². The molecule has 0 amide bonds. The molecule has 0 aliphatic heterocycles. The summed E-state index contributed by atoms with van der Waals surface area (Å²) in [7, 11) is 0. The third-order valence-electron chi connectivity index (χ3n) is 1.88. The van der Waals surface area contributed by atoms with Gasteiger partial charge in [0, 0.05) is 0 Å². The van der Waals surface area contributed by atoms with Crippen LogP contribution in [0.2, 0.25) is 0 Å². The minimum atomic E-state index is 0.224. The smallest absolute Gasteiger partial charge is 0.159 e. The van der Waals surface area contributed by atoms with Crippen LogP contribution in [0.4, 0.5) is 0 Å². The van der Waals surface area contributed by atoms with E-state index in [1.54, 1.807) is 18.2 Å².